The van der Waals surface area contributed by atoms with Crippen LogP contribution in [-0.2, 0) is 0 Å². The Balaban J connectivity index is 2.15. The molecule has 2 rings (SSSR count). The van der Waals surface area contributed by atoms with Crippen molar-refractivity contribution in [3.8, 4) is 0 Å². The lowest BCUT2D eigenvalue weighted by molar-refractivity contribution is -0.647. The molecule has 1 heterocycles. The van der Waals surface area contributed by atoms with Crippen LogP contribution in [0.3, 0.4) is 0 Å². The molecule has 0 aliphatic carbocycles. The summed E-state index contributed by atoms with van der Waals surface area (Å²) in [5, 5.41) is 2.16. The molecule has 1 aromatic rings. The first kappa shape index (κ1) is 9.06. The number of benzene rings is 1. The second-order valence-electron chi connectivity index (χ2n) is 3.62. The van der Waals surface area contributed by atoms with Crippen molar-refractivity contribution in [1.82, 2.24) is 5.01 Å². The minimum Gasteiger partial charge on any atom is -0.161 e. The third-order valence-corrected chi connectivity index (χ3v) is 2.50. The van der Waals surface area contributed by atoms with E-state index >= 15 is 0 Å². The van der Waals surface area contributed by atoms with Gasteiger partial charge >= 0.3 is 0 Å². The summed E-state index contributed by atoms with van der Waals surface area (Å²) < 4.78 is 0. The molecule has 3 nitrogen and oxygen atoms in total. The fraction of sp³-hybridized carbons (Fsp3) is 0.364. The average molecular weight is 190 g/mol. The van der Waals surface area contributed by atoms with Gasteiger partial charge in [0.25, 0.3) is 0 Å². The monoisotopic (exact) mass is 190 g/mol. The number of hydrogen-bond acceptors (Lipinski definition) is 2. The van der Waals surface area contributed by atoms with Crippen molar-refractivity contribution in [2.24, 2.45) is 0 Å². The zero-order valence-electron chi connectivity index (χ0n) is 8.70. The Kier molecular flexibility index (Phi) is 2.39. The van der Waals surface area contributed by atoms with Gasteiger partial charge in [-0.1, -0.05) is 18.2 Å². The van der Waals surface area contributed by atoms with Gasteiger partial charge in [0.05, 0.1) is 20.0 Å². The number of anilines is 1. The van der Waals surface area contributed by atoms with E-state index in [9.17, 15) is 0 Å². The van der Waals surface area contributed by atoms with Crippen LogP contribution >= 0.6 is 0 Å². The van der Waals surface area contributed by atoms with Crippen LogP contribution in [0.2, 0.25) is 0 Å². The number of hydrazine groups is 2. The van der Waals surface area contributed by atoms with E-state index in [2.05, 4.69) is 48.8 Å². The van der Waals surface area contributed by atoms with Gasteiger partial charge in [-0.3, -0.25) is 0 Å². The largest absolute Gasteiger partial charge is 0.207 e. The van der Waals surface area contributed by atoms with Gasteiger partial charge < -0.3 is 0 Å². The fourth-order valence-corrected chi connectivity index (χ4v) is 1.57. The smallest absolute Gasteiger partial charge is 0.161 e. The predicted molar refractivity (Wildman–Crippen MR) is 58.4 cm³/mol. The minimum absolute atomic E-state index is 1.08. The van der Waals surface area contributed by atoms with Gasteiger partial charge in [-0.2, -0.15) is 5.01 Å². The Morgan fingerprint density at radius 3 is 2.79 bits per heavy atom. The molecule has 1 aliphatic heterocycles. The van der Waals surface area contributed by atoms with Crippen molar-refractivity contribution in [1.29, 1.82) is 0 Å². The Labute approximate surface area is 84.6 Å². The van der Waals surface area contributed by atoms with Gasteiger partial charge in [0.2, 0.25) is 6.21 Å². The molecule has 0 spiro atoms. The van der Waals surface area contributed by atoms with E-state index in [4.69, 9.17) is 0 Å². The molecule has 0 saturated heterocycles. The summed E-state index contributed by atoms with van der Waals surface area (Å²) in [5.74, 6) is 0. The third-order valence-electron chi connectivity index (χ3n) is 2.50. The zero-order valence-corrected chi connectivity index (χ0v) is 8.70. The van der Waals surface area contributed by atoms with E-state index < -0.39 is 0 Å². The van der Waals surface area contributed by atoms with Gasteiger partial charge in [-0.25, -0.2) is 0 Å². The molecule has 0 amide bonds. The molecule has 1 aromatic carbocycles. The van der Waals surface area contributed by atoms with Crippen molar-refractivity contribution >= 4 is 11.9 Å². The number of para-hydroxylation sites is 1. The standard InChI is InChI=1S/C11H16N3/c1-10-6-3-4-7-11(10)12-14-9-5-8-13(14)2/h3-4,6-7,9,12H,5,8H2,1-2H3/q+1. The molecule has 3 heteroatoms. The molecule has 0 bridgehead atoms. The summed E-state index contributed by atoms with van der Waals surface area (Å²) in [5.41, 5.74) is 5.79. The maximum absolute atomic E-state index is 3.36. The Bertz CT molecular complexity index is 357. The van der Waals surface area contributed by atoms with E-state index in [0.29, 0.717) is 0 Å². The van der Waals surface area contributed by atoms with Gasteiger partial charge in [-0.05, 0) is 23.3 Å². The van der Waals surface area contributed by atoms with Gasteiger partial charge in [-0.15, -0.1) is 5.43 Å². The van der Waals surface area contributed by atoms with E-state index in [1.165, 1.54) is 5.56 Å². The van der Waals surface area contributed by atoms with Crippen LogP contribution in [0.5, 0.6) is 0 Å². The average Bonchev–Trinajstić information content (AvgIpc) is 2.56. The molecule has 74 valence electrons. The highest BCUT2D eigenvalue weighted by Crippen LogP contribution is 2.13. The molecular weight excluding hydrogens is 174 g/mol. The van der Waals surface area contributed by atoms with Crippen LogP contribution < -0.4 is 5.43 Å². The van der Waals surface area contributed by atoms with Crippen molar-refractivity contribution in [2.75, 3.05) is 19.0 Å². The number of hydrazone groups is 2. The number of aryl methyl sites for hydroxylation is 1. The first-order valence-corrected chi connectivity index (χ1v) is 4.93. The number of rotatable bonds is 2. The minimum atomic E-state index is 1.08. The SMILES string of the molecule is Cc1ccccc1N[N+]1=CCCN1C. The van der Waals surface area contributed by atoms with E-state index in [1.807, 2.05) is 10.9 Å². The summed E-state index contributed by atoms with van der Waals surface area (Å²) in [6, 6.07) is 8.30. The van der Waals surface area contributed by atoms with Gasteiger partial charge in [0.1, 0.15) is 5.69 Å². The van der Waals surface area contributed by atoms with Gasteiger partial charge in [0, 0.05) is 0 Å². The quantitative estimate of drug-likeness (QED) is 0.715. The highest BCUT2D eigenvalue weighted by molar-refractivity contribution is 5.54. The molecule has 1 N–H and O–H groups in total. The van der Waals surface area contributed by atoms with Crippen LogP contribution in [0.1, 0.15) is 12.0 Å². The van der Waals surface area contributed by atoms with E-state index in [0.717, 1.165) is 18.7 Å². The summed E-state index contributed by atoms with van der Waals surface area (Å²) >= 11 is 0. The van der Waals surface area contributed by atoms with Crippen LogP contribution in [0, 0.1) is 6.92 Å². The second-order valence-corrected chi connectivity index (χ2v) is 3.62. The molecule has 0 unspecified atom stereocenters. The molecule has 14 heavy (non-hydrogen) atoms. The normalized spacial score (nSPS) is 15.6. The Morgan fingerprint density at radius 2 is 2.14 bits per heavy atom. The molecule has 0 atom stereocenters. The van der Waals surface area contributed by atoms with Crippen molar-refractivity contribution in [2.45, 2.75) is 13.3 Å². The maximum atomic E-state index is 3.36. The molecule has 0 saturated carbocycles. The Hall–Kier alpha value is -1.51. The number of hydrogen-bond donors (Lipinski definition) is 1. The molecular formula is C11H16N3+. The first-order chi connectivity index (χ1) is 6.77. The lowest BCUT2D eigenvalue weighted by Gasteiger charge is -2.10. The lowest BCUT2D eigenvalue weighted by Crippen LogP contribution is -2.31. The number of nitrogens with zero attached hydrogens (tertiary/aromatic N) is 2. The van der Waals surface area contributed by atoms with Crippen LogP contribution in [-0.4, -0.2) is 29.6 Å². The van der Waals surface area contributed by atoms with Crippen LogP contribution in [0.25, 0.3) is 0 Å². The Morgan fingerprint density at radius 1 is 1.36 bits per heavy atom. The maximum Gasteiger partial charge on any atom is 0.207 e. The number of nitrogens with one attached hydrogen (secondary N) is 1. The van der Waals surface area contributed by atoms with Crippen LogP contribution in [0.4, 0.5) is 5.69 Å². The molecule has 0 fully saturated rings. The summed E-state index contributed by atoms with van der Waals surface area (Å²) in [6.45, 7) is 3.19. The van der Waals surface area contributed by atoms with Crippen LogP contribution in [0.15, 0.2) is 24.3 Å². The predicted octanol–water partition coefficient (Wildman–Crippen LogP) is 1.66. The summed E-state index contributed by atoms with van der Waals surface area (Å²) in [4.78, 5) is 2.04. The zero-order chi connectivity index (χ0) is 9.97. The van der Waals surface area contributed by atoms with Crippen molar-refractivity contribution in [3.05, 3.63) is 29.8 Å². The third kappa shape index (κ3) is 1.71. The van der Waals surface area contributed by atoms with Gasteiger partial charge in [0.15, 0.2) is 0 Å². The highest BCUT2D eigenvalue weighted by atomic mass is 15.7. The van der Waals surface area contributed by atoms with E-state index in [1.54, 1.807) is 0 Å². The molecule has 0 radical (unpaired) electrons. The lowest BCUT2D eigenvalue weighted by atomic mass is 10.2. The van der Waals surface area contributed by atoms with Crippen molar-refractivity contribution in [3.63, 3.8) is 0 Å². The fourth-order valence-electron chi connectivity index (χ4n) is 1.57. The van der Waals surface area contributed by atoms with E-state index in [-0.39, 0.29) is 0 Å². The molecule has 1 aliphatic rings. The highest BCUT2D eigenvalue weighted by Gasteiger charge is 2.18. The van der Waals surface area contributed by atoms with Crippen molar-refractivity contribution < 1.29 is 4.79 Å². The first-order valence-electron chi connectivity index (χ1n) is 4.93. The topological polar surface area (TPSA) is 18.3 Å². The summed E-state index contributed by atoms with van der Waals surface area (Å²) in [6.07, 6.45) is 3.27. The second kappa shape index (κ2) is 3.70. The summed E-state index contributed by atoms with van der Waals surface area (Å²) in [7, 11) is 2.08. The molecule has 0 aromatic heterocycles.